The molecular formula is C25H26N4O. The highest BCUT2D eigenvalue weighted by atomic mass is 16.1. The molecule has 0 N–H and O–H groups in total. The number of hydrogen-bond acceptors (Lipinski definition) is 4. The van der Waals surface area contributed by atoms with Crippen molar-refractivity contribution in [1.29, 1.82) is 0 Å². The fourth-order valence-electron chi connectivity index (χ4n) is 4.80. The van der Waals surface area contributed by atoms with Crippen LogP contribution in [-0.2, 0) is 13.0 Å². The summed E-state index contributed by atoms with van der Waals surface area (Å²) in [6.07, 6.45) is 4.81. The molecule has 0 unspecified atom stereocenters. The molecule has 0 amide bonds. The van der Waals surface area contributed by atoms with Gasteiger partial charge in [-0.15, -0.1) is 0 Å². The van der Waals surface area contributed by atoms with E-state index in [1.807, 2.05) is 12.1 Å². The fourth-order valence-corrected chi connectivity index (χ4v) is 4.80. The van der Waals surface area contributed by atoms with E-state index in [4.69, 9.17) is 0 Å². The maximum atomic E-state index is 12.4. The Labute approximate surface area is 176 Å². The first-order chi connectivity index (χ1) is 14.7. The molecule has 0 fully saturated rings. The van der Waals surface area contributed by atoms with Crippen LogP contribution in [-0.4, -0.2) is 44.9 Å². The van der Waals surface area contributed by atoms with Gasteiger partial charge in [0.05, 0.1) is 5.69 Å². The van der Waals surface area contributed by atoms with Crippen molar-refractivity contribution in [2.75, 3.05) is 19.6 Å². The van der Waals surface area contributed by atoms with Gasteiger partial charge in [0, 0.05) is 58.6 Å². The number of carbonyl (C=O) groups is 1. The third-order valence-electron chi connectivity index (χ3n) is 6.45. The molecule has 0 saturated carbocycles. The normalized spacial score (nSPS) is 13.6. The second-order valence-electron chi connectivity index (χ2n) is 7.91. The molecule has 4 aromatic rings. The lowest BCUT2D eigenvalue weighted by Gasteiger charge is -2.19. The van der Waals surface area contributed by atoms with E-state index < -0.39 is 0 Å². The average molecular weight is 399 g/mol. The van der Waals surface area contributed by atoms with E-state index >= 15 is 0 Å². The SMILES string of the molecule is CCN(CC)CCn1c2ccc(-c3ccncn3)cc2c2c3c(ccc21)C(=O)CC3. The molecule has 0 aliphatic heterocycles. The van der Waals surface area contributed by atoms with Crippen molar-refractivity contribution in [3.8, 4) is 11.3 Å². The molecule has 1 aliphatic rings. The van der Waals surface area contributed by atoms with Crippen LogP contribution in [0.2, 0.25) is 0 Å². The molecule has 1 aliphatic carbocycles. The minimum Gasteiger partial charge on any atom is -0.339 e. The van der Waals surface area contributed by atoms with Crippen molar-refractivity contribution in [1.82, 2.24) is 19.4 Å². The lowest BCUT2D eigenvalue weighted by Crippen LogP contribution is -2.26. The molecule has 30 heavy (non-hydrogen) atoms. The summed E-state index contributed by atoms with van der Waals surface area (Å²) in [6.45, 7) is 8.46. The number of hydrogen-bond donors (Lipinski definition) is 0. The van der Waals surface area contributed by atoms with Crippen LogP contribution in [0.3, 0.4) is 0 Å². The molecule has 2 aromatic carbocycles. The Hall–Kier alpha value is -3.05. The van der Waals surface area contributed by atoms with E-state index in [0.29, 0.717) is 6.42 Å². The number of Topliss-reactive ketones (excluding diaryl/α,β-unsaturated/α-hetero) is 1. The third-order valence-corrected chi connectivity index (χ3v) is 6.45. The van der Waals surface area contributed by atoms with E-state index in [-0.39, 0.29) is 5.78 Å². The quantitative estimate of drug-likeness (QED) is 0.471. The van der Waals surface area contributed by atoms with E-state index in [1.165, 1.54) is 27.4 Å². The molecule has 0 bridgehead atoms. The van der Waals surface area contributed by atoms with Gasteiger partial charge in [0.15, 0.2) is 5.78 Å². The minimum atomic E-state index is 0.267. The maximum absolute atomic E-state index is 12.4. The summed E-state index contributed by atoms with van der Waals surface area (Å²) in [5.74, 6) is 0.267. The predicted octanol–water partition coefficient (Wildman–Crippen LogP) is 4.72. The highest BCUT2D eigenvalue weighted by Gasteiger charge is 2.25. The van der Waals surface area contributed by atoms with Gasteiger partial charge in [-0.2, -0.15) is 0 Å². The lowest BCUT2D eigenvalue weighted by molar-refractivity contribution is 0.0994. The number of benzene rings is 2. The van der Waals surface area contributed by atoms with Crippen LogP contribution in [0.1, 0.15) is 36.2 Å². The first-order valence-corrected chi connectivity index (χ1v) is 10.8. The first kappa shape index (κ1) is 18.9. The predicted molar refractivity (Wildman–Crippen MR) is 121 cm³/mol. The number of aryl methyl sites for hydroxylation is 1. The molecule has 5 nitrogen and oxygen atoms in total. The summed E-state index contributed by atoms with van der Waals surface area (Å²) in [5.41, 5.74) is 6.56. The highest BCUT2D eigenvalue weighted by Crippen LogP contribution is 2.38. The number of ketones is 1. The topological polar surface area (TPSA) is 51.0 Å². The highest BCUT2D eigenvalue weighted by molar-refractivity contribution is 6.15. The molecule has 5 heteroatoms. The van der Waals surface area contributed by atoms with Crippen LogP contribution >= 0.6 is 0 Å². The summed E-state index contributed by atoms with van der Waals surface area (Å²) < 4.78 is 2.43. The minimum absolute atomic E-state index is 0.267. The number of rotatable bonds is 6. The Bertz CT molecular complexity index is 1240. The van der Waals surface area contributed by atoms with Crippen LogP contribution in [0.25, 0.3) is 33.1 Å². The third kappa shape index (κ3) is 3.01. The van der Waals surface area contributed by atoms with Gasteiger partial charge in [-0.3, -0.25) is 4.79 Å². The summed E-state index contributed by atoms with van der Waals surface area (Å²) in [4.78, 5) is 23.3. The molecule has 0 spiro atoms. The van der Waals surface area contributed by atoms with Gasteiger partial charge in [0.25, 0.3) is 0 Å². The van der Waals surface area contributed by atoms with Gasteiger partial charge in [0.1, 0.15) is 6.33 Å². The summed E-state index contributed by atoms with van der Waals surface area (Å²) >= 11 is 0. The van der Waals surface area contributed by atoms with Crippen molar-refractivity contribution in [2.24, 2.45) is 0 Å². The van der Waals surface area contributed by atoms with Gasteiger partial charge in [-0.1, -0.05) is 19.9 Å². The van der Waals surface area contributed by atoms with Crippen LogP contribution in [0.4, 0.5) is 0 Å². The van der Waals surface area contributed by atoms with Crippen molar-refractivity contribution >= 4 is 27.6 Å². The van der Waals surface area contributed by atoms with Crippen molar-refractivity contribution in [3.05, 3.63) is 60.0 Å². The van der Waals surface area contributed by atoms with E-state index in [9.17, 15) is 4.79 Å². The number of likely N-dealkylation sites (N-methyl/N-ethyl adjacent to an activating group) is 1. The average Bonchev–Trinajstić information content (AvgIpc) is 3.32. The lowest BCUT2D eigenvalue weighted by atomic mass is 10.0. The van der Waals surface area contributed by atoms with Gasteiger partial charge in [-0.25, -0.2) is 9.97 Å². The Morgan fingerprint density at radius 1 is 1.03 bits per heavy atom. The second-order valence-corrected chi connectivity index (χ2v) is 7.91. The summed E-state index contributed by atoms with van der Waals surface area (Å²) in [7, 11) is 0. The zero-order valence-electron chi connectivity index (χ0n) is 17.6. The number of fused-ring (bicyclic) bond motifs is 5. The van der Waals surface area contributed by atoms with E-state index in [2.05, 4.69) is 57.5 Å². The standard InChI is InChI=1S/C25H26N4O/c1-3-28(4-2)13-14-29-22-8-5-17(21-11-12-26-16-27-21)15-20(22)25-19-7-10-24(30)18(19)6-9-23(25)29/h5-6,8-9,11-12,15-16H,3-4,7,10,13-14H2,1-2H3. The summed E-state index contributed by atoms with van der Waals surface area (Å²) in [6, 6.07) is 12.7. The van der Waals surface area contributed by atoms with Gasteiger partial charge in [-0.05, 0) is 55.4 Å². The Balaban J connectivity index is 1.73. The Kier molecular flexibility index (Phi) is 4.83. The molecule has 152 valence electrons. The zero-order chi connectivity index (χ0) is 20.7. The van der Waals surface area contributed by atoms with Crippen molar-refractivity contribution in [2.45, 2.75) is 33.2 Å². The number of aromatic nitrogens is 3. The molecular weight excluding hydrogens is 372 g/mol. The molecule has 0 atom stereocenters. The second kappa shape index (κ2) is 7.65. The largest absolute Gasteiger partial charge is 0.339 e. The first-order valence-electron chi connectivity index (χ1n) is 10.8. The van der Waals surface area contributed by atoms with Crippen LogP contribution in [0.15, 0.2) is 48.9 Å². The Morgan fingerprint density at radius 2 is 1.87 bits per heavy atom. The maximum Gasteiger partial charge on any atom is 0.163 e. The van der Waals surface area contributed by atoms with Gasteiger partial charge in [0.2, 0.25) is 0 Å². The number of carbonyl (C=O) groups excluding carboxylic acids is 1. The van der Waals surface area contributed by atoms with Crippen molar-refractivity contribution in [3.63, 3.8) is 0 Å². The van der Waals surface area contributed by atoms with Crippen LogP contribution < -0.4 is 0 Å². The van der Waals surface area contributed by atoms with Crippen LogP contribution in [0, 0.1) is 0 Å². The zero-order valence-corrected chi connectivity index (χ0v) is 17.6. The molecule has 2 heterocycles. The fraction of sp³-hybridized carbons (Fsp3) is 0.320. The number of nitrogens with zero attached hydrogens (tertiary/aromatic N) is 4. The monoisotopic (exact) mass is 398 g/mol. The molecule has 5 rings (SSSR count). The van der Waals surface area contributed by atoms with E-state index in [1.54, 1.807) is 12.5 Å². The van der Waals surface area contributed by atoms with E-state index in [0.717, 1.165) is 49.4 Å². The van der Waals surface area contributed by atoms with Crippen molar-refractivity contribution < 1.29 is 4.79 Å². The van der Waals surface area contributed by atoms with Gasteiger partial charge >= 0.3 is 0 Å². The molecule has 2 aromatic heterocycles. The summed E-state index contributed by atoms with van der Waals surface area (Å²) in [5, 5.41) is 2.45. The van der Waals surface area contributed by atoms with Crippen LogP contribution in [0.5, 0.6) is 0 Å². The van der Waals surface area contributed by atoms with Gasteiger partial charge < -0.3 is 9.47 Å². The Morgan fingerprint density at radius 3 is 2.63 bits per heavy atom. The smallest absolute Gasteiger partial charge is 0.163 e. The molecule has 0 saturated heterocycles. The molecule has 0 radical (unpaired) electrons.